The maximum absolute atomic E-state index is 14.2. The molecule has 6 rings (SSSR count). The number of aliphatic hydroxyl groups is 1. The second-order valence-electron chi connectivity index (χ2n) is 19.3. The van der Waals surface area contributed by atoms with Crippen molar-refractivity contribution in [3.05, 3.63) is 88.1 Å². The lowest BCUT2D eigenvalue weighted by Crippen LogP contribution is -2.74. The van der Waals surface area contributed by atoms with Gasteiger partial charge in [0.05, 0.1) is 28.9 Å². The molecular formula is C47H59ClF2N8O7. The molecule has 350 valence electrons. The summed E-state index contributed by atoms with van der Waals surface area (Å²) in [7, 11) is 0. The number of anilines is 1. The molecule has 2 aliphatic heterocycles. The van der Waals surface area contributed by atoms with Gasteiger partial charge < -0.3 is 40.3 Å². The molecule has 3 heterocycles. The number of rotatable bonds is 15. The van der Waals surface area contributed by atoms with Crippen molar-refractivity contribution in [1.29, 1.82) is 5.26 Å². The van der Waals surface area contributed by atoms with Gasteiger partial charge in [0.2, 0.25) is 17.7 Å². The van der Waals surface area contributed by atoms with E-state index in [-0.39, 0.29) is 56.3 Å². The monoisotopic (exact) mass is 920 g/mol. The zero-order valence-electron chi connectivity index (χ0n) is 37.9. The Kier molecular flexibility index (Phi) is 15.1. The summed E-state index contributed by atoms with van der Waals surface area (Å²) in [6, 6.07) is 11.2. The van der Waals surface area contributed by atoms with E-state index in [9.17, 15) is 38.3 Å². The Bertz CT molecular complexity index is 2260. The van der Waals surface area contributed by atoms with Gasteiger partial charge in [-0.1, -0.05) is 60.1 Å². The Labute approximate surface area is 383 Å². The minimum absolute atomic E-state index is 0.0515. The topological polar surface area (TPSA) is 189 Å². The summed E-state index contributed by atoms with van der Waals surface area (Å²) >= 11 is 6.24. The number of carbonyl (C=O) groups is 4. The van der Waals surface area contributed by atoms with E-state index < -0.39 is 63.8 Å². The van der Waals surface area contributed by atoms with Crippen molar-refractivity contribution in [2.75, 3.05) is 57.4 Å². The number of aromatic nitrogens is 1. The summed E-state index contributed by atoms with van der Waals surface area (Å²) in [5.74, 6) is -1.97. The number of halogens is 3. The Morgan fingerprint density at radius 1 is 1.02 bits per heavy atom. The predicted molar refractivity (Wildman–Crippen MR) is 239 cm³/mol. The van der Waals surface area contributed by atoms with E-state index in [0.717, 1.165) is 37.1 Å². The van der Waals surface area contributed by atoms with E-state index >= 15 is 0 Å². The highest BCUT2D eigenvalue weighted by Crippen LogP contribution is 2.55. The van der Waals surface area contributed by atoms with Gasteiger partial charge in [0.25, 0.3) is 5.91 Å². The molecule has 2 aromatic carbocycles. The SMILES string of the molecule is CC1(C)C(NC(=O)c2ccc(N3CCN(CCOCC(=O)N[C@H](C(=O)N4C[C@H](O)C[C@H]4C(=O)NCc4cc(F)ccc4F)C(C)(C)C)CC3)nc2)C(C)(C)C1Oc1ccc(C#N)c(Cl)c1. The standard InChI is InChI=1S/C47H59ClF2N8O7/c1-45(2,3)39(42(63)58-26-32(59)21-36(58)41(62)53-25-30-20-31(49)10-12-35(30)50)54-38(60)27-64-19-18-56-14-16-57(17-15-56)37-13-9-29(24-52-37)40(61)55-43-46(4,5)44(47(43,6)7)65-33-11-8-28(23-51)34(48)22-33/h8-13,20,22,24,32,36,39,43-44,59H,14-19,21,25-27H2,1-7H3,(H,53,62)(H,54,60)(H,55,61)/t32-,36+,39-,43?,44?/m1/s1. The van der Waals surface area contributed by atoms with E-state index in [0.29, 0.717) is 41.5 Å². The zero-order chi connectivity index (χ0) is 47.4. The molecule has 18 heteroatoms. The number of nitriles is 1. The van der Waals surface area contributed by atoms with Crippen LogP contribution >= 0.6 is 11.6 Å². The number of amides is 4. The molecule has 0 bridgehead atoms. The molecule has 0 radical (unpaired) electrons. The van der Waals surface area contributed by atoms with Gasteiger partial charge in [0.15, 0.2) is 0 Å². The van der Waals surface area contributed by atoms with Crippen LogP contribution in [0.2, 0.25) is 5.02 Å². The fraction of sp³-hybridized carbons (Fsp3) is 0.532. The number of ether oxygens (including phenoxy) is 2. The second-order valence-corrected chi connectivity index (χ2v) is 19.7. The highest BCUT2D eigenvalue weighted by atomic mass is 35.5. The minimum Gasteiger partial charge on any atom is -0.489 e. The lowest BCUT2D eigenvalue weighted by Gasteiger charge is -2.63. The summed E-state index contributed by atoms with van der Waals surface area (Å²) in [5, 5.41) is 28.5. The molecule has 4 N–H and O–H groups in total. The lowest BCUT2D eigenvalue weighted by molar-refractivity contribution is -0.164. The highest BCUT2D eigenvalue weighted by Gasteiger charge is 2.64. The molecular weight excluding hydrogens is 862 g/mol. The first-order valence-electron chi connectivity index (χ1n) is 21.8. The van der Waals surface area contributed by atoms with Crippen molar-refractivity contribution in [3.63, 3.8) is 0 Å². The first-order valence-corrected chi connectivity index (χ1v) is 22.2. The summed E-state index contributed by atoms with van der Waals surface area (Å²) in [4.78, 5) is 63.8. The quantitative estimate of drug-likeness (QED) is 0.158. The number of pyridine rings is 1. The second kappa shape index (κ2) is 20.0. The molecule has 3 aromatic rings. The van der Waals surface area contributed by atoms with Crippen LogP contribution in [0.25, 0.3) is 0 Å². The molecule has 3 fully saturated rings. The van der Waals surface area contributed by atoms with E-state index in [1.807, 2.05) is 33.8 Å². The van der Waals surface area contributed by atoms with Gasteiger partial charge in [-0.05, 0) is 47.9 Å². The summed E-state index contributed by atoms with van der Waals surface area (Å²) in [5.41, 5.74) is -0.837. The molecule has 1 saturated carbocycles. The van der Waals surface area contributed by atoms with Crippen molar-refractivity contribution in [2.45, 2.75) is 91.8 Å². The number of aliphatic hydroxyl groups excluding tert-OH is 1. The van der Waals surface area contributed by atoms with Crippen LogP contribution < -0.4 is 25.6 Å². The third-order valence-corrected chi connectivity index (χ3v) is 13.0. The van der Waals surface area contributed by atoms with Crippen LogP contribution in [0.3, 0.4) is 0 Å². The van der Waals surface area contributed by atoms with Gasteiger partial charge in [0.1, 0.15) is 54.1 Å². The number of nitrogens with zero attached hydrogens (tertiary/aromatic N) is 5. The molecule has 4 amide bonds. The lowest BCUT2D eigenvalue weighted by atomic mass is 9.49. The number of likely N-dealkylation sites (tertiary alicyclic amines) is 1. The van der Waals surface area contributed by atoms with Gasteiger partial charge in [-0.15, -0.1) is 0 Å². The van der Waals surface area contributed by atoms with Crippen LogP contribution in [0.15, 0.2) is 54.7 Å². The van der Waals surface area contributed by atoms with Gasteiger partial charge in [0, 0.05) is 86.9 Å². The molecule has 2 saturated heterocycles. The van der Waals surface area contributed by atoms with Gasteiger partial charge in [-0.2, -0.15) is 5.26 Å². The van der Waals surface area contributed by atoms with Crippen LogP contribution in [0.4, 0.5) is 14.6 Å². The Morgan fingerprint density at radius 3 is 2.35 bits per heavy atom. The summed E-state index contributed by atoms with van der Waals surface area (Å²) < 4.78 is 39.9. The van der Waals surface area contributed by atoms with Crippen molar-refractivity contribution in [2.24, 2.45) is 16.2 Å². The first-order chi connectivity index (χ1) is 30.6. The van der Waals surface area contributed by atoms with Gasteiger partial charge in [-0.25, -0.2) is 13.8 Å². The van der Waals surface area contributed by atoms with Crippen molar-refractivity contribution >= 4 is 41.0 Å². The van der Waals surface area contributed by atoms with Crippen LogP contribution in [-0.4, -0.2) is 126 Å². The van der Waals surface area contributed by atoms with Gasteiger partial charge in [-0.3, -0.25) is 24.1 Å². The van der Waals surface area contributed by atoms with Crippen molar-refractivity contribution in [1.82, 2.24) is 30.7 Å². The third-order valence-electron chi connectivity index (χ3n) is 12.7. The van der Waals surface area contributed by atoms with E-state index in [1.54, 1.807) is 51.2 Å². The zero-order valence-corrected chi connectivity index (χ0v) is 38.7. The fourth-order valence-electron chi connectivity index (χ4n) is 9.38. The Hall–Kier alpha value is -5.41. The Morgan fingerprint density at radius 2 is 1.72 bits per heavy atom. The number of β-amino-alcohol motifs (C(OH)–C–C–N with tert-alkyl or cyclic N) is 1. The van der Waals surface area contributed by atoms with E-state index in [1.165, 1.54) is 4.90 Å². The number of nitrogens with one attached hydrogen (secondary N) is 3. The number of benzene rings is 2. The molecule has 1 aliphatic carbocycles. The van der Waals surface area contributed by atoms with Gasteiger partial charge >= 0.3 is 0 Å². The first kappa shape index (κ1) is 49.0. The number of hydrogen-bond donors (Lipinski definition) is 4. The summed E-state index contributed by atoms with van der Waals surface area (Å²) in [6.07, 6.45) is 0.316. The number of piperazine rings is 1. The third kappa shape index (κ3) is 11.3. The maximum atomic E-state index is 14.2. The Balaban J connectivity index is 0.921. The average molecular weight is 921 g/mol. The molecule has 3 aliphatic rings. The molecule has 15 nitrogen and oxygen atoms in total. The molecule has 65 heavy (non-hydrogen) atoms. The van der Waals surface area contributed by atoms with Crippen molar-refractivity contribution < 1.29 is 42.5 Å². The van der Waals surface area contributed by atoms with Crippen molar-refractivity contribution in [3.8, 4) is 11.8 Å². The molecule has 3 atom stereocenters. The van der Waals surface area contributed by atoms with E-state index in [2.05, 4.69) is 36.8 Å². The minimum atomic E-state index is -1.08. The van der Waals surface area contributed by atoms with Crippen LogP contribution in [0, 0.1) is 39.2 Å². The number of hydrogen-bond acceptors (Lipinski definition) is 11. The van der Waals surface area contributed by atoms with E-state index in [4.69, 9.17) is 21.1 Å². The molecule has 0 spiro atoms. The van der Waals surface area contributed by atoms with Crippen LogP contribution in [-0.2, 0) is 25.7 Å². The number of carbonyl (C=O) groups excluding carboxylic acids is 4. The molecule has 0 unspecified atom stereocenters. The fourth-order valence-corrected chi connectivity index (χ4v) is 9.59. The average Bonchev–Trinajstić information content (AvgIpc) is 3.66. The smallest absolute Gasteiger partial charge is 0.253 e. The predicted octanol–water partition coefficient (Wildman–Crippen LogP) is 4.44. The molecule has 1 aromatic heterocycles. The van der Waals surface area contributed by atoms with Crippen LogP contribution in [0.1, 0.15) is 76.4 Å². The highest BCUT2D eigenvalue weighted by molar-refractivity contribution is 6.31. The summed E-state index contributed by atoms with van der Waals surface area (Å²) in [6.45, 7) is 16.4. The maximum Gasteiger partial charge on any atom is 0.253 e. The normalized spacial score (nSPS) is 22.0. The largest absolute Gasteiger partial charge is 0.489 e. The van der Waals surface area contributed by atoms with Crippen LogP contribution in [0.5, 0.6) is 5.75 Å².